The highest BCUT2D eigenvalue weighted by Gasteiger charge is 2.17. The Bertz CT molecular complexity index is 430. The van der Waals surface area contributed by atoms with Crippen LogP contribution in [0.5, 0.6) is 0 Å². The van der Waals surface area contributed by atoms with E-state index in [-0.39, 0.29) is 11.9 Å². The zero-order valence-electron chi connectivity index (χ0n) is 10.4. The van der Waals surface area contributed by atoms with E-state index in [1.165, 1.54) is 0 Å². The molecule has 1 fully saturated rings. The van der Waals surface area contributed by atoms with Crippen LogP contribution in [0.25, 0.3) is 0 Å². The minimum absolute atomic E-state index is 0.0161. The standard InChI is InChI=1S/C12H18N4O2/c1-16(8-10-3-2-6-18-10)9-4-5-14-11(7-9)12(13)15-17/h4-5,7,10,17H,2-3,6,8H2,1H3,(H2,13,15). The lowest BCUT2D eigenvalue weighted by molar-refractivity contribution is 0.116. The van der Waals surface area contributed by atoms with Crippen LogP contribution in [0.2, 0.25) is 0 Å². The van der Waals surface area contributed by atoms with E-state index in [1.54, 1.807) is 12.3 Å². The average molecular weight is 250 g/mol. The van der Waals surface area contributed by atoms with E-state index in [4.69, 9.17) is 15.7 Å². The number of amidine groups is 1. The molecular formula is C12H18N4O2. The van der Waals surface area contributed by atoms with Crippen molar-refractivity contribution in [1.29, 1.82) is 0 Å². The molecule has 1 aliphatic heterocycles. The van der Waals surface area contributed by atoms with E-state index >= 15 is 0 Å². The van der Waals surface area contributed by atoms with Crippen LogP contribution < -0.4 is 10.6 Å². The van der Waals surface area contributed by atoms with E-state index in [1.807, 2.05) is 13.1 Å². The van der Waals surface area contributed by atoms with Crippen molar-refractivity contribution in [3.63, 3.8) is 0 Å². The van der Waals surface area contributed by atoms with Gasteiger partial charge >= 0.3 is 0 Å². The first kappa shape index (κ1) is 12.6. The van der Waals surface area contributed by atoms with Gasteiger partial charge in [0.05, 0.1) is 6.10 Å². The van der Waals surface area contributed by atoms with Crippen LogP contribution in [0, 0.1) is 0 Å². The van der Waals surface area contributed by atoms with Crippen molar-refractivity contribution < 1.29 is 9.94 Å². The van der Waals surface area contributed by atoms with Gasteiger partial charge in [0.25, 0.3) is 0 Å². The van der Waals surface area contributed by atoms with Gasteiger partial charge in [0.2, 0.25) is 0 Å². The summed E-state index contributed by atoms with van der Waals surface area (Å²) in [6.45, 7) is 1.68. The largest absolute Gasteiger partial charge is 0.409 e. The summed E-state index contributed by atoms with van der Waals surface area (Å²) in [7, 11) is 1.99. The Morgan fingerprint density at radius 2 is 2.56 bits per heavy atom. The van der Waals surface area contributed by atoms with Crippen molar-refractivity contribution in [2.24, 2.45) is 10.9 Å². The van der Waals surface area contributed by atoms with Gasteiger partial charge in [0.15, 0.2) is 5.84 Å². The molecule has 1 aliphatic rings. The van der Waals surface area contributed by atoms with Crippen LogP contribution in [0.4, 0.5) is 5.69 Å². The number of rotatable bonds is 4. The third-order valence-electron chi connectivity index (χ3n) is 3.06. The molecule has 0 aliphatic carbocycles. The predicted octanol–water partition coefficient (Wildman–Crippen LogP) is 0.791. The number of nitrogens with two attached hydrogens (primary N) is 1. The van der Waals surface area contributed by atoms with Gasteiger partial charge in [-0.15, -0.1) is 0 Å². The first-order valence-corrected chi connectivity index (χ1v) is 5.97. The number of aromatic nitrogens is 1. The third-order valence-corrected chi connectivity index (χ3v) is 3.06. The molecule has 0 saturated carbocycles. The number of likely N-dealkylation sites (N-methyl/N-ethyl adjacent to an activating group) is 1. The van der Waals surface area contributed by atoms with Crippen molar-refractivity contribution in [2.45, 2.75) is 18.9 Å². The minimum Gasteiger partial charge on any atom is -0.409 e. The van der Waals surface area contributed by atoms with Gasteiger partial charge in [0, 0.05) is 32.1 Å². The van der Waals surface area contributed by atoms with Gasteiger partial charge < -0.3 is 20.6 Å². The van der Waals surface area contributed by atoms with Crippen LogP contribution in [-0.4, -0.2) is 42.3 Å². The average Bonchev–Trinajstić information content (AvgIpc) is 2.90. The Hall–Kier alpha value is -1.82. The fourth-order valence-corrected chi connectivity index (χ4v) is 2.05. The highest BCUT2D eigenvalue weighted by molar-refractivity contribution is 5.95. The second kappa shape index (κ2) is 5.68. The molecule has 98 valence electrons. The van der Waals surface area contributed by atoms with Gasteiger partial charge in [0.1, 0.15) is 5.69 Å². The van der Waals surface area contributed by atoms with Crippen molar-refractivity contribution in [1.82, 2.24) is 4.98 Å². The molecule has 0 amide bonds. The molecule has 6 heteroatoms. The van der Waals surface area contributed by atoms with Gasteiger partial charge in [-0.2, -0.15) is 0 Å². The number of pyridine rings is 1. The lowest BCUT2D eigenvalue weighted by Crippen LogP contribution is -2.28. The number of ether oxygens (including phenoxy) is 1. The number of hydrogen-bond acceptors (Lipinski definition) is 5. The Morgan fingerprint density at radius 3 is 3.22 bits per heavy atom. The summed E-state index contributed by atoms with van der Waals surface area (Å²) in [5.74, 6) is 0.0161. The van der Waals surface area contributed by atoms with Crippen LogP contribution in [-0.2, 0) is 4.74 Å². The fraction of sp³-hybridized carbons (Fsp3) is 0.500. The number of nitrogens with zero attached hydrogens (tertiary/aromatic N) is 3. The lowest BCUT2D eigenvalue weighted by Gasteiger charge is -2.22. The van der Waals surface area contributed by atoms with Crippen molar-refractivity contribution >= 4 is 11.5 Å². The van der Waals surface area contributed by atoms with Crippen LogP contribution in [0.3, 0.4) is 0 Å². The Balaban J connectivity index is 2.07. The van der Waals surface area contributed by atoms with Crippen LogP contribution in [0.1, 0.15) is 18.5 Å². The first-order valence-electron chi connectivity index (χ1n) is 5.97. The molecule has 2 rings (SSSR count). The molecule has 1 aromatic rings. The number of hydrogen-bond donors (Lipinski definition) is 2. The molecule has 1 saturated heterocycles. The Labute approximate surface area is 106 Å². The Morgan fingerprint density at radius 1 is 1.72 bits per heavy atom. The van der Waals surface area contributed by atoms with E-state index in [2.05, 4.69) is 15.0 Å². The summed E-state index contributed by atoms with van der Waals surface area (Å²) < 4.78 is 5.60. The van der Waals surface area contributed by atoms with Crippen molar-refractivity contribution in [3.05, 3.63) is 24.0 Å². The van der Waals surface area contributed by atoms with Crippen LogP contribution in [0.15, 0.2) is 23.5 Å². The van der Waals surface area contributed by atoms with Crippen LogP contribution >= 0.6 is 0 Å². The normalized spacial score (nSPS) is 20.1. The molecule has 1 aromatic heterocycles. The second-order valence-electron chi connectivity index (χ2n) is 4.40. The monoisotopic (exact) mass is 250 g/mol. The first-order chi connectivity index (χ1) is 8.70. The maximum Gasteiger partial charge on any atom is 0.188 e. The number of anilines is 1. The second-order valence-corrected chi connectivity index (χ2v) is 4.40. The fourth-order valence-electron chi connectivity index (χ4n) is 2.05. The van der Waals surface area contributed by atoms with Crippen molar-refractivity contribution in [3.8, 4) is 0 Å². The maximum absolute atomic E-state index is 8.64. The van der Waals surface area contributed by atoms with E-state index in [0.29, 0.717) is 5.69 Å². The Kier molecular flexibility index (Phi) is 3.99. The van der Waals surface area contributed by atoms with Gasteiger partial charge in [-0.1, -0.05) is 5.16 Å². The highest BCUT2D eigenvalue weighted by Crippen LogP contribution is 2.18. The quantitative estimate of drug-likeness (QED) is 0.357. The highest BCUT2D eigenvalue weighted by atomic mass is 16.5. The van der Waals surface area contributed by atoms with E-state index < -0.39 is 0 Å². The molecule has 6 nitrogen and oxygen atoms in total. The molecule has 1 unspecified atom stereocenters. The smallest absolute Gasteiger partial charge is 0.188 e. The van der Waals surface area contributed by atoms with Gasteiger partial charge in [-0.25, -0.2) is 0 Å². The summed E-state index contributed by atoms with van der Waals surface area (Å²) >= 11 is 0. The molecule has 1 atom stereocenters. The topological polar surface area (TPSA) is 84.0 Å². The summed E-state index contributed by atoms with van der Waals surface area (Å²) in [5.41, 5.74) is 6.96. The molecule has 0 aromatic carbocycles. The SMILES string of the molecule is CN(CC1CCCO1)c1ccnc(C(N)=NO)c1. The molecule has 18 heavy (non-hydrogen) atoms. The molecule has 3 N–H and O–H groups in total. The zero-order valence-corrected chi connectivity index (χ0v) is 10.4. The van der Waals surface area contributed by atoms with Crippen molar-refractivity contribution in [2.75, 3.05) is 25.1 Å². The summed E-state index contributed by atoms with van der Waals surface area (Å²) in [6.07, 6.45) is 4.16. The molecule has 2 heterocycles. The zero-order chi connectivity index (χ0) is 13.0. The summed E-state index contributed by atoms with van der Waals surface area (Å²) in [4.78, 5) is 6.14. The number of oxime groups is 1. The maximum atomic E-state index is 8.64. The summed E-state index contributed by atoms with van der Waals surface area (Å²) in [5, 5.41) is 11.6. The summed E-state index contributed by atoms with van der Waals surface area (Å²) in [6, 6.07) is 3.69. The van der Waals surface area contributed by atoms with Gasteiger partial charge in [-0.3, -0.25) is 4.98 Å². The minimum atomic E-state index is 0.0161. The molecule has 0 radical (unpaired) electrons. The van der Waals surface area contributed by atoms with Gasteiger partial charge in [-0.05, 0) is 25.0 Å². The molecule has 0 bridgehead atoms. The lowest BCUT2D eigenvalue weighted by atomic mass is 10.2. The third kappa shape index (κ3) is 2.89. The molecular weight excluding hydrogens is 232 g/mol. The predicted molar refractivity (Wildman–Crippen MR) is 69.0 cm³/mol. The molecule has 0 spiro atoms. The van der Waals surface area contributed by atoms with E-state index in [9.17, 15) is 0 Å². The van der Waals surface area contributed by atoms with E-state index in [0.717, 1.165) is 31.7 Å².